The van der Waals surface area contributed by atoms with Crippen LogP contribution in [0, 0.1) is 17.2 Å². The van der Waals surface area contributed by atoms with E-state index in [9.17, 15) is 5.26 Å². The zero-order chi connectivity index (χ0) is 19.6. The van der Waals surface area contributed by atoms with Gasteiger partial charge in [-0.05, 0) is 43.5 Å². The van der Waals surface area contributed by atoms with Crippen LogP contribution in [-0.4, -0.2) is 34.6 Å². The molecule has 7 heteroatoms. The van der Waals surface area contributed by atoms with Crippen molar-refractivity contribution in [1.29, 1.82) is 5.26 Å². The van der Waals surface area contributed by atoms with Crippen molar-refractivity contribution in [1.82, 2.24) is 15.0 Å². The van der Waals surface area contributed by atoms with Gasteiger partial charge in [-0.2, -0.15) is 10.2 Å². The van der Waals surface area contributed by atoms with Crippen molar-refractivity contribution in [3.63, 3.8) is 0 Å². The van der Waals surface area contributed by atoms with Gasteiger partial charge in [0.25, 0.3) is 0 Å². The fourth-order valence-corrected chi connectivity index (χ4v) is 3.68. The summed E-state index contributed by atoms with van der Waals surface area (Å²) in [5.41, 5.74) is 2.56. The lowest BCUT2D eigenvalue weighted by Gasteiger charge is -2.19. The second kappa shape index (κ2) is 7.55. The minimum atomic E-state index is 0.396. The summed E-state index contributed by atoms with van der Waals surface area (Å²) in [4.78, 5) is 15.3. The molecule has 3 aromatic rings. The Morgan fingerprint density at radius 2 is 2.03 bits per heavy atom. The fraction of sp³-hybridized carbons (Fsp3) is 0.364. The average Bonchev–Trinajstić information content (AvgIpc) is 3.26. The van der Waals surface area contributed by atoms with Gasteiger partial charge in [0.15, 0.2) is 0 Å². The van der Waals surface area contributed by atoms with Gasteiger partial charge in [0.1, 0.15) is 23.7 Å². The summed E-state index contributed by atoms with van der Waals surface area (Å²) >= 11 is 0. The molecule has 1 aliphatic carbocycles. The van der Waals surface area contributed by atoms with Crippen molar-refractivity contribution < 1.29 is 9.15 Å². The van der Waals surface area contributed by atoms with Crippen LogP contribution in [0.2, 0.25) is 0 Å². The summed E-state index contributed by atoms with van der Waals surface area (Å²) in [6, 6.07) is 10.4. The van der Waals surface area contributed by atoms with Gasteiger partial charge in [0, 0.05) is 36.2 Å². The molecule has 1 atom stereocenters. The quantitative estimate of drug-likeness (QED) is 0.636. The highest BCUT2D eigenvalue weighted by atomic mass is 16.5. The van der Waals surface area contributed by atoms with Gasteiger partial charge in [-0.15, -0.1) is 0 Å². The van der Waals surface area contributed by atoms with Gasteiger partial charge in [0.2, 0.25) is 11.8 Å². The van der Waals surface area contributed by atoms with Crippen LogP contribution in [0.4, 0.5) is 5.69 Å². The van der Waals surface area contributed by atoms with E-state index >= 15 is 0 Å². The molecule has 0 bridgehead atoms. The Bertz CT molecular complexity index is 1020. The molecular weight excluding hydrogens is 366 g/mol. The summed E-state index contributed by atoms with van der Waals surface area (Å²) in [5, 5.41) is 9.31. The predicted octanol–water partition coefficient (Wildman–Crippen LogP) is 3.79. The molecule has 29 heavy (non-hydrogen) atoms. The Kier molecular flexibility index (Phi) is 4.60. The van der Waals surface area contributed by atoms with Crippen LogP contribution in [0.25, 0.3) is 11.5 Å². The highest BCUT2D eigenvalue weighted by molar-refractivity contribution is 5.59. The van der Waals surface area contributed by atoms with Crippen LogP contribution < -0.4 is 9.64 Å². The van der Waals surface area contributed by atoms with Crippen molar-refractivity contribution in [2.45, 2.75) is 25.2 Å². The number of nitriles is 1. The van der Waals surface area contributed by atoms with Crippen molar-refractivity contribution >= 4 is 5.69 Å². The molecule has 0 spiro atoms. The zero-order valence-electron chi connectivity index (χ0n) is 16.0. The number of nitrogens with zero attached hydrogens (tertiary/aromatic N) is 5. The lowest BCUT2D eigenvalue weighted by molar-refractivity contribution is 0.250. The second-order valence-electron chi connectivity index (χ2n) is 7.63. The second-order valence-corrected chi connectivity index (χ2v) is 7.63. The number of hydrogen-bond acceptors (Lipinski definition) is 7. The smallest absolute Gasteiger partial charge is 0.235 e. The summed E-state index contributed by atoms with van der Waals surface area (Å²) in [5.74, 6) is 2.70. The molecule has 0 unspecified atom stereocenters. The highest BCUT2D eigenvalue weighted by Gasteiger charge is 2.28. The first kappa shape index (κ1) is 17.7. The Hall–Kier alpha value is -3.40. The van der Waals surface area contributed by atoms with Crippen LogP contribution >= 0.6 is 0 Å². The van der Waals surface area contributed by atoms with Gasteiger partial charge in [-0.1, -0.05) is 0 Å². The van der Waals surface area contributed by atoms with E-state index in [1.165, 1.54) is 5.69 Å². The number of oxazole rings is 1. The van der Waals surface area contributed by atoms with E-state index in [1.807, 2.05) is 12.1 Å². The number of anilines is 1. The first-order chi connectivity index (χ1) is 14.3. The molecule has 3 heterocycles. The highest BCUT2D eigenvalue weighted by Crippen LogP contribution is 2.38. The Morgan fingerprint density at radius 1 is 1.17 bits per heavy atom. The number of benzene rings is 1. The molecule has 146 valence electrons. The van der Waals surface area contributed by atoms with Crippen molar-refractivity contribution in [3.8, 4) is 23.4 Å². The monoisotopic (exact) mass is 387 g/mol. The van der Waals surface area contributed by atoms with E-state index in [1.54, 1.807) is 18.7 Å². The molecule has 1 aromatic carbocycles. The topological polar surface area (TPSA) is 88.1 Å². The van der Waals surface area contributed by atoms with Crippen molar-refractivity contribution in [3.05, 3.63) is 54.3 Å². The number of ether oxygens (including phenoxy) is 1. The third-order valence-corrected chi connectivity index (χ3v) is 5.49. The predicted molar refractivity (Wildman–Crippen MR) is 106 cm³/mol. The first-order valence-electron chi connectivity index (χ1n) is 9.95. The van der Waals surface area contributed by atoms with Crippen molar-refractivity contribution in [2.24, 2.45) is 5.92 Å². The molecule has 5 rings (SSSR count). The molecule has 1 saturated heterocycles. The largest absolute Gasteiger partial charge is 0.476 e. The van der Waals surface area contributed by atoms with E-state index in [0.29, 0.717) is 35.8 Å². The van der Waals surface area contributed by atoms with E-state index in [0.717, 1.165) is 43.7 Å². The Morgan fingerprint density at radius 3 is 2.76 bits per heavy atom. The maximum absolute atomic E-state index is 9.31. The summed E-state index contributed by atoms with van der Waals surface area (Å²) < 4.78 is 11.3. The normalized spacial score (nSPS) is 18.6. The van der Waals surface area contributed by atoms with Gasteiger partial charge in [-0.3, -0.25) is 0 Å². The minimum Gasteiger partial charge on any atom is -0.476 e. The maximum atomic E-state index is 9.31. The number of hydrogen-bond donors (Lipinski definition) is 0. The lowest BCUT2D eigenvalue weighted by atomic mass is 10.1. The molecule has 0 amide bonds. The minimum absolute atomic E-state index is 0.396. The SMILES string of the molecule is N#Cc1cnc(C2CC2)nc1OC[C@H]1CCN(c2ccc(-c3ncco3)cc2)C1. The van der Waals surface area contributed by atoms with Gasteiger partial charge in [0.05, 0.1) is 19.0 Å². The van der Waals surface area contributed by atoms with E-state index in [-0.39, 0.29) is 0 Å². The summed E-state index contributed by atoms with van der Waals surface area (Å²) in [6.45, 7) is 2.45. The van der Waals surface area contributed by atoms with E-state index in [2.05, 4.69) is 38.1 Å². The van der Waals surface area contributed by atoms with Gasteiger partial charge < -0.3 is 14.1 Å². The molecule has 2 aromatic heterocycles. The zero-order valence-corrected chi connectivity index (χ0v) is 16.0. The van der Waals surface area contributed by atoms with Crippen LogP contribution in [0.3, 0.4) is 0 Å². The molecule has 2 aliphatic rings. The Labute approximate surface area is 169 Å². The van der Waals surface area contributed by atoms with Crippen LogP contribution in [0.5, 0.6) is 5.88 Å². The summed E-state index contributed by atoms with van der Waals surface area (Å²) in [6.07, 6.45) is 8.11. The van der Waals surface area contributed by atoms with E-state index < -0.39 is 0 Å². The van der Waals surface area contributed by atoms with Crippen LogP contribution in [-0.2, 0) is 0 Å². The molecule has 2 fully saturated rings. The van der Waals surface area contributed by atoms with Crippen LogP contribution in [0.1, 0.15) is 36.6 Å². The fourth-order valence-electron chi connectivity index (χ4n) is 3.68. The van der Waals surface area contributed by atoms with Gasteiger partial charge >= 0.3 is 0 Å². The Balaban J connectivity index is 1.21. The van der Waals surface area contributed by atoms with Crippen molar-refractivity contribution in [2.75, 3.05) is 24.6 Å². The molecule has 0 radical (unpaired) electrons. The first-order valence-corrected chi connectivity index (χ1v) is 9.95. The molecule has 0 N–H and O–H groups in total. The molecule has 1 saturated carbocycles. The molecular formula is C22H21N5O2. The number of rotatable bonds is 6. The van der Waals surface area contributed by atoms with Gasteiger partial charge in [-0.25, -0.2) is 9.97 Å². The maximum Gasteiger partial charge on any atom is 0.235 e. The van der Waals surface area contributed by atoms with E-state index in [4.69, 9.17) is 9.15 Å². The van der Waals surface area contributed by atoms with Crippen LogP contribution in [0.15, 0.2) is 47.3 Å². The lowest BCUT2D eigenvalue weighted by Crippen LogP contribution is -2.22. The average molecular weight is 387 g/mol. The molecule has 7 nitrogen and oxygen atoms in total. The summed E-state index contributed by atoms with van der Waals surface area (Å²) in [7, 11) is 0. The number of aromatic nitrogens is 3. The third kappa shape index (κ3) is 3.79. The standard InChI is InChI=1S/C22H21N5O2/c23-11-18-12-25-20(16-1-2-16)26-22(18)29-14-15-7-9-27(13-15)19-5-3-17(4-6-19)21-24-8-10-28-21/h3-6,8,10,12,15-16H,1-2,7,9,13-14H2/t15-/m0/s1. The molecule has 1 aliphatic heterocycles. The third-order valence-electron chi connectivity index (χ3n) is 5.49.